The molecule has 1 fully saturated rings. The van der Waals surface area contributed by atoms with Crippen LogP contribution in [0.3, 0.4) is 0 Å². The predicted molar refractivity (Wildman–Crippen MR) is 167 cm³/mol. The molecule has 220 valence electrons. The fraction of sp³-hybridized carbons (Fsp3) is 0.457. The van der Waals surface area contributed by atoms with E-state index in [1.54, 1.807) is 7.11 Å². The second kappa shape index (κ2) is 13.8. The Bertz CT molecular complexity index is 1180. The van der Waals surface area contributed by atoms with Gasteiger partial charge in [0.1, 0.15) is 11.9 Å². The van der Waals surface area contributed by atoms with Crippen molar-refractivity contribution in [3.63, 3.8) is 0 Å². The first kappa shape index (κ1) is 31.0. The highest BCUT2D eigenvalue weighted by molar-refractivity contribution is 6.99. The zero-order chi connectivity index (χ0) is 29.5. The number of methoxy groups -OCH3 is 1. The maximum Gasteiger partial charge on any atom is 0.308 e. The fourth-order valence-electron chi connectivity index (χ4n) is 5.93. The molecule has 4 rings (SSSR count). The number of rotatable bonds is 10. The van der Waals surface area contributed by atoms with Crippen molar-refractivity contribution in [1.82, 2.24) is 0 Å². The van der Waals surface area contributed by atoms with Crippen LogP contribution in [0.2, 0.25) is 5.04 Å². The second-order valence-electron chi connectivity index (χ2n) is 12.4. The Hall–Kier alpha value is -2.93. The van der Waals surface area contributed by atoms with Crippen LogP contribution in [0.4, 0.5) is 0 Å². The van der Waals surface area contributed by atoms with Crippen LogP contribution >= 0.6 is 0 Å². The van der Waals surface area contributed by atoms with Crippen LogP contribution < -0.4 is 15.1 Å². The highest BCUT2D eigenvalue weighted by Gasteiger charge is 2.50. The van der Waals surface area contributed by atoms with Crippen LogP contribution in [0, 0.1) is 11.8 Å². The van der Waals surface area contributed by atoms with E-state index < -0.39 is 8.32 Å². The molecule has 0 spiro atoms. The summed E-state index contributed by atoms with van der Waals surface area (Å²) in [7, 11) is -1.00. The van der Waals surface area contributed by atoms with E-state index in [2.05, 4.69) is 95.3 Å². The molecule has 0 amide bonds. The summed E-state index contributed by atoms with van der Waals surface area (Å²) in [6.45, 7) is 12.2. The minimum absolute atomic E-state index is 0.0598. The molecule has 0 saturated carbocycles. The van der Waals surface area contributed by atoms with Gasteiger partial charge in [0.05, 0.1) is 26.2 Å². The van der Waals surface area contributed by atoms with Gasteiger partial charge in [0, 0.05) is 12.5 Å². The summed E-state index contributed by atoms with van der Waals surface area (Å²) in [4.78, 5) is 13.1. The highest BCUT2D eigenvalue weighted by atomic mass is 28.4. The largest absolute Gasteiger partial charge is 0.497 e. The van der Waals surface area contributed by atoms with Crippen LogP contribution in [0.5, 0.6) is 5.75 Å². The third-order valence-electron chi connectivity index (χ3n) is 8.43. The second-order valence-corrected chi connectivity index (χ2v) is 16.7. The topological polar surface area (TPSA) is 54.0 Å². The lowest BCUT2D eigenvalue weighted by molar-refractivity contribution is -0.160. The van der Waals surface area contributed by atoms with Crippen molar-refractivity contribution in [3.8, 4) is 5.75 Å². The van der Waals surface area contributed by atoms with Crippen molar-refractivity contribution in [1.29, 1.82) is 0 Å². The summed E-state index contributed by atoms with van der Waals surface area (Å²) in [6.07, 6.45) is 1.62. The summed E-state index contributed by atoms with van der Waals surface area (Å²) in [5, 5.41) is 2.41. The Morgan fingerprint density at radius 1 is 0.902 bits per heavy atom. The Kier molecular flexibility index (Phi) is 10.5. The first-order valence-corrected chi connectivity index (χ1v) is 16.7. The van der Waals surface area contributed by atoms with Crippen LogP contribution in [-0.4, -0.2) is 40.2 Å². The molecule has 6 heteroatoms. The van der Waals surface area contributed by atoms with Crippen molar-refractivity contribution < 1.29 is 23.4 Å². The van der Waals surface area contributed by atoms with E-state index in [0.717, 1.165) is 24.2 Å². The molecule has 1 aliphatic heterocycles. The van der Waals surface area contributed by atoms with Gasteiger partial charge in [-0.15, -0.1) is 0 Å². The van der Waals surface area contributed by atoms with Crippen molar-refractivity contribution >= 4 is 24.7 Å². The molecule has 4 atom stereocenters. The van der Waals surface area contributed by atoms with Crippen LogP contribution in [0.1, 0.15) is 59.4 Å². The number of carbonyl (C=O) groups excluding carboxylic acids is 1. The fourth-order valence-corrected chi connectivity index (χ4v) is 10.6. The molecule has 0 unspecified atom stereocenters. The predicted octanol–water partition coefficient (Wildman–Crippen LogP) is 6.52. The third-order valence-corrected chi connectivity index (χ3v) is 13.4. The summed E-state index contributed by atoms with van der Waals surface area (Å²) in [5.74, 6) is 0.923. The van der Waals surface area contributed by atoms with E-state index in [9.17, 15) is 4.79 Å². The van der Waals surface area contributed by atoms with E-state index in [4.69, 9.17) is 18.6 Å². The minimum atomic E-state index is -2.66. The summed E-state index contributed by atoms with van der Waals surface area (Å²) in [6, 6.07) is 29.2. The molecule has 0 N–H and O–H groups in total. The number of esters is 1. The molecular formula is C35H46O5Si. The van der Waals surface area contributed by atoms with Gasteiger partial charge in [-0.3, -0.25) is 4.79 Å². The molecule has 0 radical (unpaired) electrons. The zero-order valence-electron chi connectivity index (χ0n) is 25.5. The van der Waals surface area contributed by atoms with Crippen molar-refractivity contribution in [2.75, 3.05) is 13.7 Å². The maximum absolute atomic E-state index is 13.1. The smallest absolute Gasteiger partial charge is 0.308 e. The van der Waals surface area contributed by atoms with Crippen molar-refractivity contribution in [3.05, 3.63) is 90.5 Å². The minimum Gasteiger partial charge on any atom is -0.497 e. The molecule has 0 aromatic heterocycles. The summed E-state index contributed by atoms with van der Waals surface area (Å²) in [5.41, 5.74) is 1.06. The lowest BCUT2D eigenvalue weighted by atomic mass is 9.90. The molecule has 3 aromatic carbocycles. The number of cyclic esters (lactones) is 1. The van der Waals surface area contributed by atoms with E-state index in [0.29, 0.717) is 13.2 Å². The number of benzene rings is 3. The molecule has 1 saturated heterocycles. The van der Waals surface area contributed by atoms with Crippen LogP contribution in [0.15, 0.2) is 84.9 Å². The van der Waals surface area contributed by atoms with E-state index in [1.807, 2.05) is 24.3 Å². The molecule has 0 aliphatic carbocycles. The van der Waals surface area contributed by atoms with Gasteiger partial charge in [-0.05, 0) is 51.9 Å². The third kappa shape index (κ3) is 7.48. The zero-order valence-corrected chi connectivity index (χ0v) is 26.5. The molecule has 41 heavy (non-hydrogen) atoms. The van der Waals surface area contributed by atoms with Crippen molar-refractivity contribution in [2.24, 2.45) is 11.8 Å². The molecule has 0 bridgehead atoms. The first-order chi connectivity index (χ1) is 19.6. The van der Waals surface area contributed by atoms with Gasteiger partial charge in [0.15, 0.2) is 0 Å². The van der Waals surface area contributed by atoms with Gasteiger partial charge < -0.3 is 18.6 Å². The maximum atomic E-state index is 13.1. The Labute approximate surface area is 247 Å². The molecule has 5 nitrogen and oxygen atoms in total. The monoisotopic (exact) mass is 574 g/mol. The van der Waals surface area contributed by atoms with Crippen LogP contribution in [-0.2, 0) is 25.3 Å². The lowest BCUT2D eigenvalue weighted by Crippen LogP contribution is -2.67. The number of hydrogen-bond donors (Lipinski definition) is 0. The van der Waals surface area contributed by atoms with Gasteiger partial charge in [-0.25, -0.2) is 0 Å². The summed E-state index contributed by atoms with van der Waals surface area (Å²) < 4.78 is 24.7. The van der Waals surface area contributed by atoms with Gasteiger partial charge >= 0.3 is 5.97 Å². The van der Waals surface area contributed by atoms with E-state index in [-0.39, 0.29) is 41.5 Å². The quantitative estimate of drug-likeness (QED) is 0.204. The van der Waals surface area contributed by atoms with E-state index >= 15 is 0 Å². The summed E-state index contributed by atoms with van der Waals surface area (Å²) >= 11 is 0. The Morgan fingerprint density at radius 3 is 2.02 bits per heavy atom. The number of carbonyl (C=O) groups is 1. The first-order valence-electron chi connectivity index (χ1n) is 14.8. The van der Waals surface area contributed by atoms with E-state index in [1.165, 1.54) is 10.4 Å². The molecular weight excluding hydrogens is 528 g/mol. The number of ether oxygens (including phenoxy) is 3. The van der Waals surface area contributed by atoms with Gasteiger partial charge in [0.25, 0.3) is 8.32 Å². The SMILES string of the molecule is COc1ccc(CO[C@H]2CC(=O)O[C@@H]([C@H](C)CO[Si](c3ccccc3)(c3ccccc3)C(C)(C)C)CC[C@@H]2C)cc1. The molecule has 1 heterocycles. The Balaban J connectivity index is 1.44. The van der Waals surface area contributed by atoms with Gasteiger partial charge in [0.2, 0.25) is 0 Å². The molecule has 3 aromatic rings. The average Bonchev–Trinajstić information content (AvgIpc) is 2.97. The molecule has 1 aliphatic rings. The van der Waals surface area contributed by atoms with Crippen molar-refractivity contribution in [2.45, 2.75) is 77.7 Å². The Morgan fingerprint density at radius 2 is 1.49 bits per heavy atom. The standard InChI is InChI=1S/C35H46O5Si/c1-26-17-22-32(40-34(36)23-33(26)38-25-28-18-20-29(37-6)21-19-28)27(2)24-39-41(35(3,4)5,30-13-9-7-10-14-30)31-15-11-8-12-16-31/h7-16,18-21,26-27,32-33H,17,22-25H2,1-6H3/t26-,27+,32+,33-/m0/s1. The van der Waals surface area contributed by atoms with Crippen LogP contribution in [0.25, 0.3) is 0 Å². The normalized spacial score (nSPS) is 20.9. The average molecular weight is 575 g/mol. The van der Waals surface area contributed by atoms with Gasteiger partial charge in [-0.2, -0.15) is 0 Å². The number of hydrogen-bond acceptors (Lipinski definition) is 5. The highest BCUT2D eigenvalue weighted by Crippen LogP contribution is 2.37. The van der Waals surface area contributed by atoms with Gasteiger partial charge in [-0.1, -0.05) is 107 Å². The lowest BCUT2D eigenvalue weighted by Gasteiger charge is -2.44.